The van der Waals surface area contributed by atoms with Crippen LogP contribution in [0.3, 0.4) is 0 Å². The zero-order chi connectivity index (χ0) is 24.9. The van der Waals surface area contributed by atoms with Gasteiger partial charge in [-0.25, -0.2) is 13.9 Å². The Labute approximate surface area is 213 Å². The third-order valence-corrected chi connectivity index (χ3v) is 7.35. The topological polar surface area (TPSA) is 119 Å². The van der Waals surface area contributed by atoms with Crippen molar-refractivity contribution in [1.82, 2.24) is 14.7 Å². The molecule has 11 heteroatoms. The fraction of sp³-hybridized carbons (Fsp3) is 0.542. The number of fused-ring (bicyclic) bond motifs is 1. The first-order chi connectivity index (χ1) is 16.8. The fourth-order valence-electron chi connectivity index (χ4n) is 5.00. The molecule has 4 rings (SSSR count). The molecule has 0 spiro atoms. The van der Waals surface area contributed by atoms with Gasteiger partial charge in [-0.3, -0.25) is 9.35 Å². The van der Waals surface area contributed by atoms with Crippen molar-refractivity contribution in [2.45, 2.75) is 70.9 Å². The lowest BCUT2D eigenvalue weighted by Crippen LogP contribution is -2.39. The van der Waals surface area contributed by atoms with Crippen LogP contribution in [0, 0.1) is 5.92 Å². The Kier molecular flexibility index (Phi) is 8.59. The van der Waals surface area contributed by atoms with Crippen LogP contribution in [0.4, 0.5) is 23.1 Å². The lowest BCUT2D eigenvalue weighted by molar-refractivity contribution is -0.118. The molecule has 1 unspecified atom stereocenters. The second-order valence-corrected chi connectivity index (χ2v) is 10.7. The molecule has 2 heterocycles. The van der Waals surface area contributed by atoms with Crippen LogP contribution in [-0.4, -0.2) is 43.3 Å². The Morgan fingerprint density at radius 3 is 2.80 bits per heavy atom. The monoisotopic (exact) mass is 520 g/mol. The number of hydrogen-bond donors (Lipinski definition) is 4. The predicted octanol–water partition coefficient (Wildman–Crippen LogP) is 4.65. The predicted molar refractivity (Wildman–Crippen MR) is 140 cm³/mol. The first-order valence-electron chi connectivity index (χ1n) is 12.2. The molecule has 1 fully saturated rings. The second kappa shape index (κ2) is 11.6. The number of nitrogens with one attached hydrogen (secondary N) is 3. The molecule has 2 aliphatic rings. The highest BCUT2D eigenvalue weighted by molar-refractivity contribution is 7.77. The lowest BCUT2D eigenvalue weighted by atomic mass is 9.84. The molecule has 0 saturated heterocycles. The molecule has 2 aromatic rings. The molecule has 1 aliphatic carbocycles. The Morgan fingerprint density at radius 1 is 1.23 bits per heavy atom. The molecule has 1 aromatic carbocycles. The van der Waals surface area contributed by atoms with Gasteiger partial charge in [0.1, 0.15) is 5.02 Å². The SMILES string of the molecule is CC(C)N1C(=O)CCCc2cc(Nc3ncc(Cl)c(N[C@@H]4CCCC[C@@H]4CNS(=O)O)n3)ccc21. The summed E-state index contributed by atoms with van der Waals surface area (Å²) in [5.74, 6) is 1.32. The zero-order valence-electron chi connectivity index (χ0n) is 20.1. The molecular formula is C24H33ClN6O3S. The van der Waals surface area contributed by atoms with Crippen molar-refractivity contribution in [3.8, 4) is 0 Å². The number of carbonyl (C=O) groups excluding carboxylic acids is 1. The van der Waals surface area contributed by atoms with Gasteiger partial charge in [0, 0.05) is 36.4 Å². The quantitative estimate of drug-likeness (QED) is 0.374. The van der Waals surface area contributed by atoms with E-state index in [-0.39, 0.29) is 23.9 Å². The van der Waals surface area contributed by atoms with E-state index in [0.29, 0.717) is 29.8 Å². The standard InChI is InChI=1S/C24H33ClN6O3S/c1-15(2)31-21-11-10-18(12-16(21)7-5-9-22(31)32)28-24-26-14-19(25)23(30-24)29-20-8-4-3-6-17(20)13-27-35(33)34/h10-12,14-15,17,20,27H,3-9,13H2,1-2H3,(H,33,34)(H2,26,28,29,30)/t17-,20-/m1/s1. The first kappa shape index (κ1) is 25.8. The average Bonchev–Trinajstić information content (AvgIpc) is 2.98. The van der Waals surface area contributed by atoms with E-state index in [1.807, 2.05) is 30.9 Å². The maximum Gasteiger partial charge on any atom is 0.231 e. The van der Waals surface area contributed by atoms with Crippen molar-refractivity contribution in [1.29, 1.82) is 0 Å². The summed E-state index contributed by atoms with van der Waals surface area (Å²) in [4.78, 5) is 23.4. The van der Waals surface area contributed by atoms with Gasteiger partial charge in [0.15, 0.2) is 5.82 Å². The van der Waals surface area contributed by atoms with Gasteiger partial charge >= 0.3 is 0 Å². The number of aromatic nitrogens is 2. The van der Waals surface area contributed by atoms with Crippen LogP contribution in [0.1, 0.15) is 57.9 Å². The molecule has 0 bridgehead atoms. The maximum atomic E-state index is 12.6. The Balaban J connectivity index is 1.51. The first-order valence-corrected chi connectivity index (χ1v) is 13.7. The largest absolute Gasteiger partial charge is 0.366 e. The van der Waals surface area contributed by atoms with Crippen molar-refractivity contribution in [3.05, 3.63) is 35.0 Å². The summed E-state index contributed by atoms with van der Waals surface area (Å²) in [7, 11) is 0. The molecule has 0 radical (unpaired) electrons. The number of rotatable bonds is 8. The number of halogens is 1. The van der Waals surface area contributed by atoms with Gasteiger partial charge in [-0.05, 0) is 69.2 Å². The van der Waals surface area contributed by atoms with Crippen LogP contribution >= 0.6 is 11.6 Å². The highest BCUT2D eigenvalue weighted by Crippen LogP contribution is 2.33. The molecule has 1 amide bonds. The van der Waals surface area contributed by atoms with Gasteiger partial charge in [-0.2, -0.15) is 4.98 Å². The van der Waals surface area contributed by atoms with Crippen LogP contribution in [-0.2, 0) is 22.5 Å². The van der Waals surface area contributed by atoms with E-state index in [1.165, 1.54) is 0 Å². The normalized spacial score (nSPS) is 21.4. The number of aryl methyl sites for hydroxylation is 1. The minimum absolute atomic E-state index is 0.0899. The Morgan fingerprint density at radius 2 is 2.03 bits per heavy atom. The van der Waals surface area contributed by atoms with Crippen LogP contribution in [0.2, 0.25) is 5.02 Å². The minimum atomic E-state index is -2.03. The molecule has 190 valence electrons. The number of hydrogen-bond acceptors (Lipinski definition) is 6. The van der Waals surface area contributed by atoms with E-state index >= 15 is 0 Å². The van der Waals surface area contributed by atoms with Crippen molar-refractivity contribution in [2.75, 3.05) is 22.1 Å². The van der Waals surface area contributed by atoms with E-state index in [1.54, 1.807) is 6.20 Å². The third kappa shape index (κ3) is 6.49. The summed E-state index contributed by atoms with van der Waals surface area (Å²) in [6.07, 6.45) is 7.84. The van der Waals surface area contributed by atoms with Crippen LogP contribution in [0.15, 0.2) is 24.4 Å². The number of nitrogens with zero attached hydrogens (tertiary/aromatic N) is 3. The molecule has 3 atom stereocenters. The van der Waals surface area contributed by atoms with Crippen molar-refractivity contribution >= 4 is 51.9 Å². The Hall–Kier alpha value is -2.27. The summed E-state index contributed by atoms with van der Waals surface area (Å²) in [6.45, 7) is 4.51. The van der Waals surface area contributed by atoms with Gasteiger partial charge < -0.3 is 15.5 Å². The molecule has 1 aromatic heterocycles. The number of anilines is 4. The van der Waals surface area contributed by atoms with E-state index in [2.05, 4.69) is 31.4 Å². The lowest BCUT2D eigenvalue weighted by Gasteiger charge is -2.32. The fourth-order valence-corrected chi connectivity index (χ4v) is 5.51. The van der Waals surface area contributed by atoms with Crippen LogP contribution < -0.4 is 20.3 Å². The maximum absolute atomic E-state index is 12.6. The van der Waals surface area contributed by atoms with Gasteiger partial charge in [0.2, 0.25) is 23.1 Å². The Bertz CT molecular complexity index is 1090. The summed E-state index contributed by atoms with van der Waals surface area (Å²) in [5, 5.41) is 7.14. The molecule has 1 aliphatic heterocycles. The van der Waals surface area contributed by atoms with Gasteiger partial charge in [-0.15, -0.1) is 0 Å². The van der Waals surface area contributed by atoms with E-state index < -0.39 is 11.3 Å². The van der Waals surface area contributed by atoms with Gasteiger partial charge in [0.05, 0.1) is 6.20 Å². The molecule has 4 N–H and O–H groups in total. The summed E-state index contributed by atoms with van der Waals surface area (Å²) in [5.41, 5.74) is 2.94. The summed E-state index contributed by atoms with van der Waals surface area (Å²) in [6, 6.07) is 6.18. The van der Waals surface area contributed by atoms with Gasteiger partial charge in [0.25, 0.3) is 0 Å². The zero-order valence-corrected chi connectivity index (χ0v) is 21.7. The van der Waals surface area contributed by atoms with Crippen LogP contribution in [0.25, 0.3) is 0 Å². The molecule has 9 nitrogen and oxygen atoms in total. The van der Waals surface area contributed by atoms with Crippen LogP contribution in [0.5, 0.6) is 0 Å². The minimum Gasteiger partial charge on any atom is -0.366 e. The molecule has 35 heavy (non-hydrogen) atoms. The molecular weight excluding hydrogens is 488 g/mol. The highest BCUT2D eigenvalue weighted by atomic mass is 35.5. The number of amides is 1. The van der Waals surface area contributed by atoms with Crippen molar-refractivity contribution < 1.29 is 13.6 Å². The van der Waals surface area contributed by atoms with E-state index in [9.17, 15) is 9.00 Å². The number of benzene rings is 1. The third-order valence-electron chi connectivity index (χ3n) is 6.66. The summed E-state index contributed by atoms with van der Waals surface area (Å²) < 4.78 is 22.8. The van der Waals surface area contributed by atoms with Crippen molar-refractivity contribution in [2.24, 2.45) is 5.92 Å². The van der Waals surface area contributed by atoms with E-state index in [4.69, 9.17) is 16.2 Å². The number of carbonyl (C=O) groups is 1. The second-order valence-electron chi connectivity index (χ2n) is 9.46. The average molecular weight is 521 g/mol. The van der Waals surface area contributed by atoms with Crippen molar-refractivity contribution in [3.63, 3.8) is 0 Å². The molecule has 1 saturated carbocycles. The smallest absolute Gasteiger partial charge is 0.231 e. The summed E-state index contributed by atoms with van der Waals surface area (Å²) >= 11 is 4.38. The van der Waals surface area contributed by atoms with E-state index in [0.717, 1.165) is 55.5 Å². The highest BCUT2D eigenvalue weighted by Gasteiger charge is 2.27. The van der Waals surface area contributed by atoms with Gasteiger partial charge in [-0.1, -0.05) is 24.4 Å².